The van der Waals surface area contributed by atoms with Gasteiger partial charge >= 0.3 is 0 Å². The molecule has 0 spiro atoms. The Kier molecular flexibility index (Phi) is 5.40. The molecule has 2 aromatic rings. The fourth-order valence-corrected chi connectivity index (χ4v) is 4.25. The number of sulfonamides is 1. The summed E-state index contributed by atoms with van der Waals surface area (Å²) >= 11 is 7.47. The topological polar surface area (TPSA) is 66.4 Å². The second-order valence-corrected chi connectivity index (χ2v) is 7.87. The van der Waals surface area contributed by atoms with E-state index in [4.69, 9.17) is 16.7 Å². The molecule has 1 heterocycles. The van der Waals surface area contributed by atoms with Crippen molar-refractivity contribution in [2.75, 3.05) is 0 Å². The molecule has 7 heteroatoms. The zero-order chi connectivity index (χ0) is 15.5. The van der Waals surface area contributed by atoms with Crippen molar-refractivity contribution < 1.29 is 13.5 Å². The molecule has 0 aliphatic rings. The molecule has 0 aliphatic heterocycles. The van der Waals surface area contributed by atoms with Crippen molar-refractivity contribution in [2.45, 2.75) is 30.9 Å². The van der Waals surface area contributed by atoms with Crippen LogP contribution in [-0.2, 0) is 23.1 Å². The molecule has 2 N–H and O–H groups in total. The van der Waals surface area contributed by atoms with Crippen molar-refractivity contribution in [3.63, 3.8) is 0 Å². The largest absolute Gasteiger partial charge is 0.392 e. The summed E-state index contributed by atoms with van der Waals surface area (Å²) in [6, 6.07) is 7.99. The Balaban J connectivity index is 2.14. The number of rotatable bonds is 6. The molecule has 0 saturated heterocycles. The normalized spacial score (nSPS) is 13.3. The lowest BCUT2D eigenvalue weighted by atomic mass is 10.2. The van der Waals surface area contributed by atoms with Crippen LogP contribution < -0.4 is 4.72 Å². The Hall–Kier alpha value is -0.920. The molecule has 1 atom stereocenters. The zero-order valence-corrected chi connectivity index (χ0v) is 13.8. The number of hydrogen-bond acceptors (Lipinski definition) is 4. The molecule has 114 valence electrons. The maximum atomic E-state index is 12.3. The van der Waals surface area contributed by atoms with Crippen LogP contribution in [0.5, 0.6) is 0 Å². The van der Waals surface area contributed by atoms with E-state index in [-0.39, 0.29) is 17.5 Å². The number of nitrogens with one attached hydrogen (secondary N) is 1. The lowest BCUT2D eigenvalue weighted by molar-refractivity contribution is 0.281. The summed E-state index contributed by atoms with van der Waals surface area (Å²) in [7, 11) is -3.63. The summed E-state index contributed by atoms with van der Waals surface area (Å²) in [5.41, 5.74) is 0.394. The SMILES string of the molecule is CC(Cc1cccs1)NS(=O)(=O)c1ccc(Cl)c(CO)c1. The lowest BCUT2D eigenvalue weighted by Crippen LogP contribution is -2.34. The van der Waals surface area contributed by atoms with Crippen LogP contribution in [0.15, 0.2) is 40.6 Å². The average Bonchev–Trinajstić information content (AvgIpc) is 2.91. The molecule has 0 bridgehead atoms. The van der Waals surface area contributed by atoms with Crippen molar-refractivity contribution >= 4 is 33.0 Å². The third-order valence-electron chi connectivity index (χ3n) is 2.94. The van der Waals surface area contributed by atoms with Gasteiger partial charge in [0.15, 0.2) is 0 Å². The minimum Gasteiger partial charge on any atom is -0.392 e. The first-order valence-corrected chi connectivity index (χ1v) is 9.10. The van der Waals surface area contributed by atoms with Crippen molar-refractivity contribution in [1.29, 1.82) is 0 Å². The maximum Gasteiger partial charge on any atom is 0.240 e. The van der Waals surface area contributed by atoms with Crippen LogP contribution in [0.1, 0.15) is 17.4 Å². The molecule has 4 nitrogen and oxygen atoms in total. The van der Waals surface area contributed by atoms with Crippen LogP contribution >= 0.6 is 22.9 Å². The summed E-state index contributed by atoms with van der Waals surface area (Å²) < 4.78 is 27.3. The van der Waals surface area contributed by atoms with Crippen LogP contribution in [-0.4, -0.2) is 19.6 Å². The van der Waals surface area contributed by atoms with Crippen LogP contribution in [0.3, 0.4) is 0 Å². The molecule has 0 radical (unpaired) electrons. The predicted molar refractivity (Wildman–Crippen MR) is 85.2 cm³/mol. The van der Waals surface area contributed by atoms with Crippen LogP contribution in [0, 0.1) is 0 Å². The fourth-order valence-electron chi connectivity index (χ4n) is 1.94. The van der Waals surface area contributed by atoms with Crippen LogP contribution in [0.2, 0.25) is 5.02 Å². The van der Waals surface area contributed by atoms with Crippen molar-refractivity contribution in [3.05, 3.63) is 51.2 Å². The molecular weight excluding hydrogens is 330 g/mol. The maximum absolute atomic E-state index is 12.3. The lowest BCUT2D eigenvalue weighted by Gasteiger charge is -2.14. The summed E-state index contributed by atoms with van der Waals surface area (Å²) in [5.74, 6) is 0. The quantitative estimate of drug-likeness (QED) is 0.846. The molecule has 0 amide bonds. The predicted octanol–water partition coefficient (Wildman–Crippen LogP) is 2.80. The van der Waals surface area contributed by atoms with E-state index in [0.29, 0.717) is 17.0 Å². The third-order valence-corrected chi connectivity index (χ3v) is 5.80. The smallest absolute Gasteiger partial charge is 0.240 e. The zero-order valence-electron chi connectivity index (χ0n) is 11.4. The molecule has 0 aliphatic carbocycles. The number of hydrogen-bond donors (Lipinski definition) is 2. The van der Waals surface area contributed by atoms with E-state index >= 15 is 0 Å². The van der Waals surface area contributed by atoms with Gasteiger partial charge in [0.1, 0.15) is 0 Å². The van der Waals surface area contributed by atoms with Crippen molar-refractivity contribution in [3.8, 4) is 0 Å². The molecule has 0 saturated carbocycles. The van der Waals surface area contributed by atoms with Gasteiger partial charge in [-0.15, -0.1) is 11.3 Å². The Morgan fingerprint density at radius 3 is 2.76 bits per heavy atom. The van der Waals surface area contributed by atoms with Crippen molar-refractivity contribution in [1.82, 2.24) is 4.72 Å². The number of halogens is 1. The Labute approximate surface area is 133 Å². The van der Waals surface area contributed by atoms with Gasteiger partial charge in [0.25, 0.3) is 0 Å². The second kappa shape index (κ2) is 6.89. The van der Waals surface area contributed by atoms with E-state index in [1.807, 2.05) is 24.4 Å². The van der Waals surface area contributed by atoms with Crippen LogP contribution in [0.25, 0.3) is 0 Å². The molecule has 1 unspecified atom stereocenters. The van der Waals surface area contributed by atoms with E-state index in [1.54, 1.807) is 11.3 Å². The second-order valence-electron chi connectivity index (χ2n) is 4.72. The molecule has 21 heavy (non-hydrogen) atoms. The average molecular weight is 346 g/mol. The van der Waals surface area contributed by atoms with Gasteiger partial charge in [-0.05, 0) is 48.6 Å². The van der Waals surface area contributed by atoms with Gasteiger partial charge in [-0.2, -0.15) is 0 Å². The summed E-state index contributed by atoms with van der Waals surface area (Å²) in [6.07, 6.45) is 0.636. The molecule has 2 rings (SSSR count). The highest BCUT2D eigenvalue weighted by molar-refractivity contribution is 7.89. The van der Waals surface area contributed by atoms with Gasteiger partial charge in [-0.25, -0.2) is 13.1 Å². The summed E-state index contributed by atoms with van der Waals surface area (Å²) in [4.78, 5) is 1.23. The first-order valence-electron chi connectivity index (χ1n) is 6.36. The summed E-state index contributed by atoms with van der Waals surface area (Å²) in [6.45, 7) is 1.52. The standard InChI is InChI=1S/C14H16ClNO3S2/c1-10(7-12-3-2-6-20-12)16-21(18,19)13-4-5-14(15)11(8-13)9-17/h2-6,8,10,16-17H,7,9H2,1H3. The molecule has 1 aromatic heterocycles. The minimum atomic E-state index is -3.63. The molecular formula is C14H16ClNO3S2. The highest BCUT2D eigenvalue weighted by Crippen LogP contribution is 2.21. The minimum absolute atomic E-state index is 0.106. The van der Waals surface area contributed by atoms with Gasteiger partial charge in [-0.1, -0.05) is 17.7 Å². The highest BCUT2D eigenvalue weighted by Gasteiger charge is 2.19. The monoisotopic (exact) mass is 345 g/mol. The fraction of sp³-hybridized carbons (Fsp3) is 0.286. The summed E-state index contributed by atoms with van der Waals surface area (Å²) in [5, 5.41) is 11.5. The third kappa shape index (κ3) is 4.28. The highest BCUT2D eigenvalue weighted by atomic mass is 35.5. The molecule has 1 aromatic carbocycles. The van der Waals surface area contributed by atoms with Gasteiger partial charge in [0.2, 0.25) is 10.0 Å². The van der Waals surface area contributed by atoms with E-state index in [2.05, 4.69) is 4.72 Å². The van der Waals surface area contributed by atoms with Crippen molar-refractivity contribution in [2.24, 2.45) is 0 Å². The number of aliphatic hydroxyl groups is 1. The van der Waals surface area contributed by atoms with Gasteiger partial charge < -0.3 is 5.11 Å². The number of aliphatic hydroxyl groups excluding tert-OH is 1. The Bertz CT molecular complexity index is 699. The molecule has 0 fully saturated rings. The Morgan fingerprint density at radius 1 is 1.38 bits per heavy atom. The first kappa shape index (κ1) is 16.5. The Morgan fingerprint density at radius 2 is 2.14 bits per heavy atom. The van der Waals surface area contributed by atoms with Gasteiger partial charge in [0, 0.05) is 15.9 Å². The van der Waals surface area contributed by atoms with Gasteiger partial charge in [-0.3, -0.25) is 0 Å². The number of thiophene rings is 1. The van der Waals surface area contributed by atoms with E-state index in [1.165, 1.54) is 18.2 Å². The van der Waals surface area contributed by atoms with E-state index in [0.717, 1.165) is 4.88 Å². The number of benzene rings is 1. The van der Waals surface area contributed by atoms with Gasteiger partial charge in [0.05, 0.1) is 11.5 Å². The van der Waals surface area contributed by atoms with Crippen LogP contribution in [0.4, 0.5) is 0 Å². The van der Waals surface area contributed by atoms with E-state index < -0.39 is 10.0 Å². The van der Waals surface area contributed by atoms with E-state index in [9.17, 15) is 8.42 Å². The first-order chi connectivity index (χ1) is 9.92.